The number of nitrogens with one attached hydrogen (secondary N) is 1. The largest absolute Gasteiger partial charge is 0.441 e. The van der Waals surface area contributed by atoms with Crippen LogP contribution in [0.3, 0.4) is 0 Å². The highest BCUT2D eigenvalue weighted by Gasteiger charge is 2.27. The van der Waals surface area contributed by atoms with Crippen LogP contribution in [0.2, 0.25) is 0 Å². The van der Waals surface area contributed by atoms with E-state index < -0.39 is 5.51 Å². The summed E-state index contributed by atoms with van der Waals surface area (Å²) in [6.07, 6.45) is 2.75. The third-order valence-electron chi connectivity index (χ3n) is 2.21. The van der Waals surface area contributed by atoms with Crippen molar-refractivity contribution in [2.75, 3.05) is 25.4 Å². The van der Waals surface area contributed by atoms with Crippen LogP contribution in [0, 0.1) is 5.92 Å². The van der Waals surface area contributed by atoms with Gasteiger partial charge in [0.05, 0.1) is 0 Å². The molecule has 0 fully saturated rings. The lowest BCUT2D eigenvalue weighted by Crippen LogP contribution is -2.26. The summed E-state index contributed by atoms with van der Waals surface area (Å²) in [6.45, 7) is 3.25. The SMILES string of the molecule is CCCC(CCO)CNCCSC(F)(F)F. The second-order valence-electron chi connectivity index (χ2n) is 3.67. The minimum atomic E-state index is -4.13. The zero-order chi connectivity index (χ0) is 12.4. The molecule has 1 atom stereocenters. The molecule has 0 radical (unpaired) electrons. The average Bonchev–Trinajstić information content (AvgIpc) is 2.16. The van der Waals surface area contributed by atoms with Crippen molar-refractivity contribution in [3.63, 3.8) is 0 Å². The summed E-state index contributed by atoms with van der Waals surface area (Å²) in [6, 6.07) is 0. The van der Waals surface area contributed by atoms with E-state index in [1.807, 2.05) is 0 Å². The van der Waals surface area contributed by atoms with E-state index in [0.29, 0.717) is 25.4 Å². The van der Waals surface area contributed by atoms with Crippen molar-refractivity contribution in [1.82, 2.24) is 5.32 Å². The van der Waals surface area contributed by atoms with Crippen LogP contribution in [-0.4, -0.2) is 36.1 Å². The van der Waals surface area contributed by atoms with Crippen molar-refractivity contribution in [3.8, 4) is 0 Å². The Hall–Kier alpha value is 0.0600. The van der Waals surface area contributed by atoms with Gasteiger partial charge in [-0.1, -0.05) is 13.3 Å². The summed E-state index contributed by atoms with van der Waals surface area (Å²) in [5, 5.41) is 11.8. The minimum absolute atomic E-state index is 0.0000612. The Balaban J connectivity index is 3.46. The van der Waals surface area contributed by atoms with Crippen molar-refractivity contribution in [2.45, 2.75) is 31.7 Å². The lowest BCUT2D eigenvalue weighted by atomic mass is 10.0. The van der Waals surface area contributed by atoms with Crippen LogP contribution in [0.15, 0.2) is 0 Å². The lowest BCUT2D eigenvalue weighted by Gasteiger charge is -2.15. The fourth-order valence-electron chi connectivity index (χ4n) is 1.48. The average molecular weight is 259 g/mol. The number of rotatable bonds is 9. The van der Waals surface area contributed by atoms with Crippen molar-refractivity contribution in [3.05, 3.63) is 0 Å². The van der Waals surface area contributed by atoms with E-state index >= 15 is 0 Å². The smallest absolute Gasteiger partial charge is 0.396 e. The maximum atomic E-state index is 11.8. The summed E-state index contributed by atoms with van der Waals surface area (Å²) >= 11 is 0.0000612. The fraction of sp³-hybridized carbons (Fsp3) is 1.00. The number of thioether (sulfide) groups is 1. The molecule has 0 aliphatic carbocycles. The highest BCUT2D eigenvalue weighted by Crippen LogP contribution is 2.29. The Morgan fingerprint density at radius 2 is 2.00 bits per heavy atom. The number of aliphatic hydroxyl groups excluding tert-OH is 1. The van der Waals surface area contributed by atoms with Gasteiger partial charge >= 0.3 is 5.51 Å². The van der Waals surface area contributed by atoms with Crippen LogP contribution >= 0.6 is 11.8 Å². The third-order valence-corrected chi connectivity index (χ3v) is 2.95. The van der Waals surface area contributed by atoms with E-state index in [1.165, 1.54) is 0 Å². The molecular formula is C10H20F3NOS. The van der Waals surface area contributed by atoms with Gasteiger partial charge in [0.2, 0.25) is 0 Å². The topological polar surface area (TPSA) is 32.3 Å². The summed E-state index contributed by atoms with van der Waals surface area (Å²) in [5.41, 5.74) is -4.13. The van der Waals surface area contributed by atoms with Gasteiger partial charge in [-0.05, 0) is 37.1 Å². The second kappa shape index (κ2) is 9.13. The van der Waals surface area contributed by atoms with Crippen LogP contribution in [0.1, 0.15) is 26.2 Å². The molecule has 2 nitrogen and oxygen atoms in total. The van der Waals surface area contributed by atoms with Gasteiger partial charge in [0.15, 0.2) is 0 Å². The van der Waals surface area contributed by atoms with E-state index in [1.54, 1.807) is 0 Å². The maximum Gasteiger partial charge on any atom is 0.441 e. The van der Waals surface area contributed by atoms with Gasteiger partial charge in [-0.25, -0.2) is 0 Å². The predicted molar refractivity (Wildman–Crippen MR) is 61.5 cm³/mol. The van der Waals surface area contributed by atoms with E-state index in [9.17, 15) is 13.2 Å². The molecule has 0 amide bonds. The molecule has 0 spiro atoms. The molecule has 0 rings (SSSR count). The molecule has 0 aromatic rings. The number of hydrogen-bond acceptors (Lipinski definition) is 3. The van der Waals surface area contributed by atoms with Gasteiger partial charge in [0, 0.05) is 18.9 Å². The molecule has 0 heterocycles. The fourth-order valence-corrected chi connectivity index (χ4v) is 1.96. The van der Waals surface area contributed by atoms with E-state index in [2.05, 4.69) is 12.2 Å². The van der Waals surface area contributed by atoms with Gasteiger partial charge in [0.1, 0.15) is 0 Å². The number of hydrogen-bond donors (Lipinski definition) is 2. The summed E-state index contributed by atoms with van der Waals surface area (Å²) < 4.78 is 35.4. The predicted octanol–water partition coefficient (Wildman–Crippen LogP) is 2.63. The molecule has 0 saturated carbocycles. The third kappa shape index (κ3) is 10.6. The second-order valence-corrected chi connectivity index (χ2v) is 4.83. The number of halogens is 3. The standard InChI is InChI=1S/C10H20F3NOS/c1-2-3-9(4-6-15)8-14-5-7-16-10(11,12)13/h9,14-15H,2-8H2,1H3. The van der Waals surface area contributed by atoms with Crippen molar-refractivity contribution in [2.24, 2.45) is 5.92 Å². The Morgan fingerprint density at radius 1 is 1.31 bits per heavy atom. The summed E-state index contributed by atoms with van der Waals surface area (Å²) in [4.78, 5) is 0. The van der Waals surface area contributed by atoms with Crippen molar-refractivity contribution in [1.29, 1.82) is 0 Å². The molecule has 0 aliphatic heterocycles. The highest BCUT2D eigenvalue weighted by atomic mass is 32.2. The maximum absolute atomic E-state index is 11.8. The van der Waals surface area contributed by atoms with Crippen LogP contribution in [0.25, 0.3) is 0 Å². The first-order valence-electron chi connectivity index (χ1n) is 5.51. The molecule has 0 aliphatic rings. The van der Waals surface area contributed by atoms with Gasteiger partial charge < -0.3 is 10.4 Å². The van der Waals surface area contributed by atoms with Crippen LogP contribution in [0.4, 0.5) is 13.2 Å². The van der Waals surface area contributed by atoms with Crippen molar-refractivity contribution >= 4 is 11.8 Å². The van der Waals surface area contributed by atoms with Crippen LogP contribution in [-0.2, 0) is 0 Å². The normalized spacial score (nSPS) is 14.1. The molecule has 2 N–H and O–H groups in total. The van der Waals surface area contributed by atoms with E-state index in [-0.39, 0.29) is 24.1 Å². The first-order chi connectivity index (χ1) is 7.49. The molecule has 0 bridgehead atoms. The Bertz CT molecular complexity index is 161. The Labute approximate surface area is 99.0 Å². The Kier molecular flexibility index (Phi) is 9.16. The van der Waals surface area contributed by atoms with E-state index in [0.717, 1.165) is 12.8 Å². The van der Waals surface area contributed by atoms with Gasteiger partial charge in [-0.15, -0.1) is 0 Å². The molecule has 16 heavy (non-hydrogen) atoms. The number of alkyl halides is 3. The quantitative estimate of drug-likeness (QED) is 0.624. The molecule has 0 aromatic heterocycles. The van der Waals surface area contributed by atoms with Crippen LogP contribution in [0.5, 0.6) is 0 Å². The zero-order valence-corrected chi connectivity index (χ0v) is 10.3. The summed E-state index contributed by atoms with van der Waals surface area (Å²) in [7, 11) is 0. The number of aliphatic hydroxyl groups is 1. The lowest BCUT2D eigenvalue weighted by molar-refractivity contribution is -0.0327. The molecular weight excluding hydrogens is 239 g/mol. The first kappa shape index (κ1) is 16.1. The van der Waals surface area contributed by atoms with Crippen molar-refractivity contribution < 1.29 is 18.3 Å². The Morgan fingerprint density at radius 3 is 2.50 bits per heavy atom. The van der Waals surface area contributed by atoms with Crippen LogP contribution < -0.4 is 5.32 Å². The first-order valence-corrected chi connectivity index (χ1v) is 6.50. The molecule has 1 unspecified atom stereocenters. The van der Waals surface area contributed by atoms with Gasteiger partial charge in [-0.2, -0.15) is 13.2 Å². The van der Waals surface area contributed by atoms with Gasteiger partial charge in [0.25, 0.3) is 0 Å². The molecule has 98 valence electrons. The molecule has 6 heteroatoms. The van der Waals surface area contributed by atoms with Gasteiger partial charge in [-0.3, -0.25) is 0 Å². The summed E-state index contributed by atoms with van der Waals surface area (Å²) in [5.74, 6) is 0.410. The monoisotopic (exact) mass is 259 g/mol. The molecule has 0 saturated heterocycles. The zero-order valence-electron chi connectivity index (χ0n) is 9.52. The minimum Gasteiger partial charge on any atom is -0.396 e. The molecule has 0 aromatic carbocycles. The highest BCUT2D eigenvalue weighted by molar-refractivity contribution is 8.00. The van der Waals surface area contributed by atoms with E-state index in [4.69, 9.17) is 5.11 Å².